The molecule has 1 amide bonds. The Balaban J connectivity index is 1.26. The lowest BCUT2D eigenvalue weighted by Gasteiger charge is -2.34. The zero-order valence-corrected chi connectivity index (χ0v) is 17.0. The van der Waals surface area contributed by atoms with Crippen LogP contribution in [0.1, 0.15) is 44.3 Å². The molecule has 150 valence electrons. The number of rotatable bonds is 2. The Kier molecular flexibility index (Phi) is 4.48. The molecule has 28 heavy (non-hydrogen) atoms. The summed E-state index contributed by atoms with van der Waals surface area (Å²) in [6, 6.07) is 0. The van der Waals surface area contributed by atoms with Crippen molar-refractivity contribution in [3.05, 3.63) is 12.0 Å². The first-order chi connectivity index (χ1) is 13.6. The largest absolute Gasteiger partial charge is 0.356 e. The second-order valence-electron chi connectivity index (χ2n) is 8.91. The zero-order chi connectivity index (χ0) is 19.3. The maximum absolute atomic E-state index is 13.1. The van der Waals surface area contributed by atoms with Gasteiger partial charge in [-0.2, -0.15) is 5.10 Å². The molecule has 2 atom stereocenters. The van der Waals surface area contributed by atoms with E-state index < -0.39 is 0 Å². The number of aromatic nitrogens is 4. The van der Waals surface area contributed by atoms with Crippen molar-refractivity contribution in [3.63, 3.8) is 0 Å². The third-order valence-corrected chi connectivity index (χ3v) is 7.12. The molecular weight excluding hydrogens is 352 g/mol. The molecule has 0 radical (unpaired) electrons. The molecule has 1 aliphatic carbocycles. The number of likely N-dealkylation sites (tertiary alicyclic amines) is 1. The monoisotopic (exact) mass is 382 g/mol. The average molecular weight is 383 g/mol. The average Bonchev–Trinajstić information content (AvgIpc) is 3.31. The fraction of sp³-hybridized carbons (Fsp3) is 0.714. The van der Waals surface area contributed by atoms with Crippen molar-refractivity contribution in [1.82, 2.24) is 24.6 Å². The molecular formula is C21H30N6O. The molecule has 2 saturated heterocycles. The highest BCUT2D eigenvalue weighted by Gasteiger charge is 2.39. The van der Waals surface area contributed by atoms with Crippen molar-refractivity contribution in [2.75, 3.05) is 31.1 Å². The second kappa shape index (κ2) is 7.01. The van der Waals surface area contributed by atoms with E-state index in [4.69, 9.17) is 4.98 Å². The van der Waals surface area contributed by atoms with Gasteiger partial charge in [-0.05, 0) is 44.4 Å². The molecule has 2 aliphatic heterocycles. The Morgan fingerprint density at radius 1 is 1.04 bits per heavy atom. The van der Waals surface area contributed by atoms with Crippen LogP contribution < -0.4 is 4.90 Å². The van der Waals surface area contributed by atoms with Gasteiger partial charge in [0.1, 0.15) is 11.6 Å². The predicted octanol–water partition coefficient (Wildman–Crippen LogP) is 2.54. The fourth-order valence-corrected chi connectivity index (χ4v) is 5.54. The van der Waals surface area contributed by atoms with E-state index in [0.717, 1.165) is 73.5 Å². The molecule has 3 fully saturated rings. The number of amides is 1. The van der Waals surface area contributed by atoms with Gasteiger partial charge < -0.3 is 9.80 Å². The highest BCUT2D eigenvalue weighted by Crippen LogP contribution is 2.37. The van der Waals surface area contributed by atoms with E-state index in [0.29, 0.717) is 5.91 Å². The van der Waals surface area contributed by atoms with Gasteiger partial charge in [0.2, 0.25) is 5.91 Å². The third-order valence-electron chi connectivity index (χ3n) is 7.12. The Hall–Kier alpha value is -2.18. The highest BCUT2D eigenvalue weighted by molar-refractivity contribution is 5.87. The molecule has 2 aromatic heterocycles. The number of hydrogen-bond acceptors (Lipinski definition) is 5. The smallest absolute Gasteiger partial charge is 0.225 e. The minimum absolute atomic E-state index is 0.170. The highest BCUT2D eigenvalue weighted by atomic mass is 16.2. The van der Waals surface area contributed by atoms with Gasteiger partial charge in [0.05, 0.1) is 11.6 Å². The molecule has 1 saturated carbocycles. The third kappa shape index (κ3) is 3.05. The molecule has 7 nitrogen and oxygen atoms in total. The van der Waals surface area contributed by atoms with Crippen LogP contribution in [0.2, 0.25) is 0 Å². The van der Waals surface area contributed by atoms with Crippen LogP contribution in [-0.4, -0.2) is 56.7 Å². The number of anilines is 1. The molecule has 0 spiro atoms. The van der Waals surface area contributed by atoms with Gasteiger partial charge >= 0.3 is 0 Å². The topological polar surface area (TPSA) is 67.2 Å². The lowest BCUT2D eigenvalue weighted by molar-refractivity contribution is -0.135. The number of hydrogen-bond donors (Lipinski definition) is 0. The molecule has 0 bridgehead atoms. The number of fused-ring (bicyclic) bond motifs is 2. The van der Waals surface area contributed by atoms with Gasteiger partial charge in [-0.3, -0.25) is 9.48 Å². The van der Waals surface area contributed by atoms with E-state index in [-0.39, 0.29) is 5.92 Å². The Labute approximate surface area is 166 Å². The standard InChI is InChI=1S/C21H30N6O/c1-14-23-19-18(11-22-25(19)2)20(24-14)26-9-7-15(8-10-26)21(28)27-12-16-5-3-4-6-17(16)13-27/h11,15-17H,3-10,12-13H2,1-2H3. The maximum Gasteiger partial charge on any atom is 0.225 e. The Morgan fingerprint density at radius 3 is 2.39 bits per heavy atom. The van der Waals surface area contributed by atoms with Gasteiger partial charge in [0.15, 0.2) is 5.65 Å². The first kappa shape index (κ1) is 17.9. The lowest BCUT2D eigenvalue weighted by atomic mass is 9.82. The van der Waals surface area contributed by atoms with Crippen molar-refractivity contribution < 1.29 is 4.79 Å². The number of nitrogens with zero attached hydrogens (tertiary/aromatic N) is 6. The normalized spacial score (nSPS) is 26.1. The van der Waals surface area contributed by atoms with Crippen LogP contribution in [0.4, 0.5) is 5.82 Å². The van der Waals surface area contributed by atoms with E-state index in [1.54, 1.807) is 4.68 Å². The van der Waals surface area contributed by atoms with Crippen LogP contribution in [0.3, 0.4) is 0 Å². The minimum atomic E-state index is 0.170. The summed E-state index contributed by atoms with van der Waals surface area (Å²) >= 11 is 0. The second-order valence-corrected chi connectivity index (χ2v) is 8.91. The first-order valence-corrected chi connectivity index (χ1v) is 10.8. The van der Waals surface area contributed by atoms with Crippen LogP contribution >= 0.6 is 0 Å². The molecule has 4 heterocycles. The minimum Gasteiger partial charge on any atom is -0.356 e. The maximum atomic E-state index is 13.1. The summed E-state index contributed by atoms with van der Waals surface area (Å²) in [6.45, 7) is 5.68. The van der Waals surface area contributed by atoms with E-state index >= 15 is 0 Å². The summed E-state index contributed by atoms with van der Waals surface area (Å²) in [5.74, 6) is 3.84. The molecule has 7 heteroatoms. The van der Waals surface area contributed by atoms with Crippen molar-refractivity contribution in [2.45, 2.75) is 45.4 Å². The summed E-state index contributed by atoms with van der Waals surface area (Å²) in [4.78, 5) is 26.9. The van der Waals surface area contributed by atoms with Crippen molar-refractivity contribution in [1.29, 1.82) is 0 Å². The van der Waals surface area contributed by atoms with Gasteiger partial charge in [0, 0.05) is 39.1 Å². The summed E-state index contributed by atoms with van der Waals surface area (Å²) in [5, 5.41) is 5.35. The number of aryl methyl sites for hydroxylation is 2. The zero-order valence-electron chi connectivity index (χ0n) is 17.0. The predicted molar refractivity (Wildman–Crippen MR) is 108 cm³/mol. The molecule has 3 aliphatic rings. The fourth-order valence-electron chi connectivity index (χ4n) is 5.54. The summed E-state index contributed by atoms with van der Waals surface area (Å²) in [7, 11) is 1.91. The van der Waals surface area contributed by atoms with E-state index in [9.17, 15) is 4.79 Å². The van der Waals surface area contributed by atoms with Crippen molar-refractivity contribution >= 4 is 22.8 Å². The van der Waals surface area contributed by atoms with Crippen LogP contribution in [0, 0.1) is 24.7 Å². The van der Waals surface area contributed by atoms with E-state index in [2.05, 4.69) is 19.9 Å². The van der Waals surface area contributed by atoms with Crippen LogP contribution in [0.5, 0.6) is 0 Å². The van der Waals surface area contributed by atoms with E-state index in [1.165, 1.54) is 25.7 Å². The van der Waals surface area contributed by atoms with E-state index in [1.807, 2.05) is 20.2 Å². The van der Waals surface area contributed by atoms with Gasteiger partial charge in [-0.15, -0.1) is 0 Å². The van der Waals surface area contributed by atoms with Crippen LogP contribution in [-0.2, 0) is 11.8 Å². The SMILES string of the molecule is Cc1nc(N2CCC(C(=O)N3CC4CCCCC4C3)CC2)c2cnn(C)c2n1. The Morgan fingerprint density at radius 2 is 1.71 bits per heavy atom. The lowest BCUT2D eigenvalue weighted by Crippen LogP contribution is -2.42. The first-order valence-electron chi connectivity index (χ1n) is 10.8. The molecule has 2 aromatic rings. The summed E-state index contributed by atoms with van der Waals surface area (Å²) in [5.41, 5.74) is 0.875. The summed E-state index contributed by atoms with van der Waals surface area (Å²) < 4.78 is 1.80. The quantitative estimate of drug-likeness (QED) is 0.798. The van der Waals surface area contributed by atoms with Crippen molar-refractivity contribution in [3.8, 4) is 0 Å². The molecule has 0 N–H and O–H groups in total. The molecule has 0 aromatic carbocycles. The summed E-state index contributed by atoms with van der Waals surface area (Å²) in [6.07, 6.45) is 9.02. The Bertz CT molecular complexity index is 870. The number of piperidine rings is 1. The van der Waals surface area contributed by atoms with Gasteiger partial charge in [-0.1, -0.05) is 12.8 Å². The van der Waals surface area contributed by atoms with Gasteiger partial charge in [0.25, 0.3) is 0 Å². The van der Waals surface area contributed by atoms with Crippen LogP contribution in [0.25, 0.3) is 11.0 Å². The molecule has 5 rings (SSSR count). The van der Waals surface area contributed by atoms with Crippen LogP contribution in [0.15, 0.2) is 6.20 Å². The number of carbonyl (C=O) groups excluding carboxylic acids is 1. The number of carbonyl (C=O) groups is 1. The van der Waals surface area contributed by atoms with Crippen molar-refractivity contribution in [2.24, 2.45) is 24.8 Å². The van der Waals surface area contributed by atoms with Gasteiger partial charge in [-0.25, -0.2) is 9.97 Å². The molecule has 2 unspecified atom stereocenters.